The molecule has 3 aromatic carbocycles. The first kappa shape index (κ1) is 19.1. The molecule has 4 aromatic rings. The lowest BCUT2D eigenvalue weighted by molar-refractivity contribution is 0.0932. The lowest BCUT2D eigenvalue weighted by atomic mass is 9.91. The number of rotatable bonds is 4. The molecule has 30 heavy (non-hydrogen) atoms. The minimum Gasteiger partial charge on any atom is -0.356 e. The van der Waals surface area contributed by atoms with Crippen molar-refractivity contribution in [1.82, 2.24) is 10.3 Å². The molecule has 1 heterocycles. The van der Waals surface area contributed by atoms with Gasteiger partial charge in [-0.25, -0.2) is 0 Å². The molecule has 0 saturated carbocycles. The number of aryl methyl sites for hydroxylation is 1. The van der Waals surface area contributed by atoms with Crippen molar-refractivity contribution in [3.63, 3.8) is 0 Å². The Morgan fingerprint density at radius 2 is 1.77 bits per heavy atom. The van der Waals surface area contributed by atoms with E-state index in [1.54, 1.807) is 0 Å². The maximum Gasteiger partial charge on any atom is 0.251 e. The molecule has 5 rings (SSSR count). The summed E-state index contributed by atoms with van der Waals surface area (Å²) in [5, 5.41) is 4.51. The summed E-state index contributed by atoms with van der Waals surface area (Å²) in [6.45, 7) is 0. The van der Waals surface area contributed by atoms with Crippen LogP contribution in [0.1, 0.15) is 51.6 Å². The van der Waals surface area contributed by atoms with Crippen molar-refractivity contribution < 1.29 is 4.79 Å². The molecule has 0 aliphatic heterocycles. The molecular weight excluding hydrogens is 436 g/mol. The molecule has 0 bridgehead atoms. The average Bonchev–Trinajstić information content (AvgIpc) is 3.14. The van der Waals surface area contributed by atoms with Gasteiger partial charge in [0.1, 0.15) is 0 Å². The lowest BCUT2D eigenvalue weighted by Gasteiger charge is -2.24. The predicted molar refractivity (Wildman–Crippen MR) is 125 cm³/mol. The third-order valence-electron chi connectivity index (χ3n) is 5.94. The van der Waals surface area contributed by atoms with E-state index in [-0.39, 0.29) is 11.9 Å². The van der Waals surface area contributed by atoms with E-state index in [0.717, 1.165) is 41.4 Å². The minimum atomic E-state index is -0.0149. The Kier molecular flexibility index (Phi) is 5.17. The minimum absolute atomic E-state index is 0.0149. The summed E-state index contributed by atoms with van der Waals surface area (Å²) in [7, 11) is 0. The standard InChI is InChI=1S/C26H23BrN2O/c27-20-13-14-23-22(16-20)21-7-4-8-24(25(21)28-23)29-26(30)19-11-9-18(10-12-19)15-17-5-2-1-3-6-17/h1-3,5-6,9-14,16,24,28H,4,7-8,15H2,(H,29,30). The van der Waals surface area contributed by atoms with Gasteiger partial charge in [0.25, 0.3) is 5.91 Å². The number of hydrogen-bond donors (Lipinski definition) is 2. The molecule has 1 unspecified atom stereocenters. The highest BCUT2D eigenvalue weighted by Crippen LogP contribution is 2.36. The van der Waals surface area contributed by atoms with Crippen LogP contribution in [0.15, 0.2) is 77.3 Å². The number of amides is 1. The monoisotopic (exact) mass is 458 g/mol. The Bertz CT molecular complexity index is 1200. The summed E-state index contributed by atoms with van der Waals surface area (Å²) in [5.74, 6) is -0.0149. The van der Waals surface area contributed by atoms with Gasteiger partial charge >= 0.3 is 0 Å². The highest BCUT2D eigenvalue weighted by atomic mass is 79.9. The first-order valence-electron chi connectivity index (χ1n) is 10.4. The van der Waals surface area contributed by atoms with Crippen molar-refractivity contribution in [2.24, 2.45) is 0 Å². The number of fused-ring (bicyclic) bond motifs is 3. The van der Waals surface area contributed by atoms with E-state index < -0.39 is 0 Å². The molecule has 0 saturated heterocycles. The van der Waals surface area contributed by atoms with E-state index in [1.807, 2.05) is 18.2 Å². The number of H-pyrrole nitrogens is 1. The van der Waals surface area contributed by atoms with Crippen LogP contribution >= 0.6 is 15.9 Å². The van der Waals surface area contributed by atoms with Crippen LogP contribution in [0.3, 0.4) is 0 Å². The number of halogens is 1. The highest BCUT2D eigenvalue weighted by Gasteiger charge is 2.26. The van der Waals surface area contributed by atoms with E-state index in [4.69, 9.17) is 0 Å². The molecule has 1 aromatic heterocycles. The molecule has 2 N–H and O–H groups in total. The van der Waals surface area contributed by atoms with Crippen LogP contribution in [0.2, 0.25) is 0 Å². The van der Waals surface area contributed by atoms with Gasteiger partial charge in [-0.2, -0.15) is 0 Å². The van der Waals surface area contributed by atoms with Crippen LogP contribution in [0.4, 0.5) is 0 Å². The Labute approximate surface area is 184 Å². The van der Waals surface area contributed by atoms with Gasteiger partial charge in [-0.15, -0.1) is 0 Å². The van der Waals surface area contributed by atoms with Crippen LogP contribution in [0.25, 0.3) is 10.9 Å². The zero-order chi connectivity index (χ0) is 20.5. The molecule has 0 spiro atoms. The number of hydrogen-bond acceptors (Lipinski definition) is 1. The molecule has 4 heteroatoms. The molecule has 1 aliphatic rings. The topological polar surface area (TPSA) is 44.9 Å². The largest absolute Gasteiger partial charge is 0.356 e. The van der Waals surface area contributed by atoms with Crippen LogP contribution < -0.4 is 5.32 Å². The van der Waals surface area contributed by atoms with Crippen molar-refractivity contribution in [3.05, 3.63) is 105 Å². The first-order valence-corrected chi connectivity index (χ1v) is 11.2. The van der Waals surface area contributed by atoms with E-state index in [9.17, 15) is 4.79 Å². The second-order valence-electron chi connectivity index (χ2n) is 7.98. The van der Waals surface area contributed by atoms with E-state index in [1.165, 1.54) is 22.1 Å². The molecule has 0 fully saturated rings. The fourth-order valence-electron chi connectivity index (χ4n) is 4.43. The second kappa shape index (κ2) is 8.11. The van der Waals surface area contributed by atoms with Gasteiger partial charge in [0.15, 0.2) is 0 Å². The van der Waals surface area contributed by atoms with Gasteiger partial charge in [0, 0.05) is 26.6 Å². The van der Waals surface area contributed by atoms with E-state index >= 15 is 0 Å². The summed E-state index contributed by atoms with van der Waals surface area (Å²) in [6.07, 6.45) is 3.96. The zero-order valence-electron chi connectivity index (χ0n) is 16.6. The highest BCUT2D eigenvalue weighted by molar-refractivity contribution is 9.10. The molecule has 1 amide bonds. The fraction of sp³-hybridized carbons (Fsp3) is 0.192. The van der Waals surface area contributed by atoms with Crippen LogP contribution in [-0.4, -0.2) is 10.9 Å². The summed E-state index contributed by atoms with van der Waals surface area (Å²) in [5.41, 5.74) is 6.81. The van der Waals surface area contributed by atoms with Gasteiger partial charge in [-0.1, -0.05) is 58.4 Å². The predicted octanol–water partition coefficient (Wildman–Crippen LogP) is 6.33. The number of aromatic amines is 1. The molecular formula is C26H23BrN2O. The van der Waals surface area contributed by atoms with Gasteiger partial charge in [-0.3, -0.25) is 4.79 Å². The van der Waals surface area contributed by atoms with Gasteiger partial charge < -0.3 is 10.3 Å². The van der Waals surface area contributed by atoms with Crippen LogP contribution in [0, 0.1) is 0 Å². The normalized spacial score (nSPS) is 15.7. The number of carbonyl (C=O) groups excluding carboxylic acids is 1. The molecule has 1 aliphatic carbocycles. The van der Waals surface area contributed by atoms with E-state index in [2.05, 4.69) is 80.8 Å². The van der Waals surface area contributed by atoms with E-state index in [0.29, 0.717) is 5.56 Å². The van der Waals surface area contributed by atoms with Gasteiger partial charge in [0.05, 0.1) is 6.04 Å². The summed E-state index contributed by atoms with van der Waals surface area (Å²) in [4.78, 5) is 16.5. The molecule has 0 radical (unpaired) electrons. The van der Waals surface area contributed by atoms with Crippen molar-refractivity contribution in [2.75, 3.05) is 0 Å². The Morgan fingerprint density at radius 3 is 2.57 bits per heavy atom. The lowest BCUT2D eigenvalue weighted by Crippen LogP contribution is -2.31. The number of carbonyl (C=O) groups is 1. The number of nitrogens with one attached hydrogen (secondary N) is 2. The Morgan fingerprint density at radius 1 is 1.00 bits per heavy atom. The second-order valence-corrected chi connectivity index (χ2v) is 8.90. The SMILES string of the molecule is O=C(NC1CCCc2c1[nH]c1ccc(Br)cc21)c1ccc(Cc2ccccc2)cc1. The molecule has 150 valence electrons. The zero-order valence-corrected chi connectivity index (χ0v) is 18.2. The smallest absolute Gasteiger partial charge is 0.251 e. The van der Waals surface area contributed by atoms with Crippen LogP contribution in [0.5, 0.6) is 0 Å². The summed E-state index contributed by atoms with van der Waals surface area (Å²) < 4.78 is 1.08. The van der Waals surface area contributed by atoms with Gasteiger partial charge in [-0.05, 0) is 72.7 Å². The van der Waals surface area contributed by atoms with Crippen molar-refractivity contribution in [1.29, 1.82) is 0 Å². The fourth-order valence-corrected chi connectivity index (χ4v) is 4.79. The van der Waals surface area contributed by atoms with Gasteiger partial charge in [0.2, 0.25) is 0 Å². The average molecular weight is 459 g/mol. The maximum absolute atomic E-state index is 12.9. The summed E-state index contributed by atoms with van der Waals surface area (Å²) >= 11 is 3.57. The quantitative estimate of drug-likeness (QED) is 0.368. The maximum atomic E-state index is 12.9. The number of benzene rings is 3. The van der Waals surface area contributed by atoms with Crippen LogP contribution in [-0.2, 0) is 12.8 Å². The third kappa shape index (κ3) is 3.80. The van der Waals surface area contributed by atoms with Crippen molar-refractivity contribution >= 4 is 32.7 Å². The molecule has 3 nitrogen and oxygen atoms in total. The van der Waals surface area contributed by atoms with Crippen molar-refractivity contribution in [3.8, 4) is 0 Å². The third-order valence-corrected chi connectivity index (χ3v) is 6.44. The first-order chi connectivity index (χ1) is 14.7. The summed E-state index contributed by atoms with van der Waals surface area (Å²) in [6, 6.07) is 24.7. The van der Waals surface area contributed by atoms with Crippen molar-refractivity contribution in [2.45, 2.75) is 31.7 Å². The number of aromatic nitrogens is 1. The Hall–Kier alpha value is -2.85. The Balaban J connectivity index is 1.33. The molecule has 1 atom stereocenters.